The topological polar surface area (TPSA) is 123 Å². The predicted molar refractivity (Wildman–Crippen MR) is 67.7 cm³/mol. The molecule has 8 heteroatoms. The van der Waals surface area contributed by atoms with E-state index in [1.165, 1.54) is 23.8 Å². The lowest BCUT2D eigenvalue weighted by Crippen LogP contribution is -2.46. The summed E-state index contributed by atoms with van der Waals surface area (Å²) in [5.41, 5.74) is 5.43. The molecule has 0 bridgehead atoms. The molecule has 114 valence electrons. The van der Waals surface area contributed by atoms with Gasteiger partial charge < -0.3 is 25.4 Å². The van der Waals surface area contributed by atoms with Crippen LogP contribution in [0.1, 0.15) is 23.5 Å². The summed E-state index contributed by atoms with van der Waals surface area (Å²) in [6.07, 6.45) is -1.20. The van der Waals surface area contributed by atoms with Crippen LogP contribution in [-0.4, -0.2) is 47.0 Å². The molecule has 1 amide bonds. The molecule has 4 atom stereocenters. The smallest absolute Gasteiger partial charge is 0.302 e. The van der Waals surface area contributed by atoms with Gasteiger partial charge in [0.1, 0.15) is 24.4 Å². The highest BCUT2D eigenvalue weighted by Crippen LogP contribution is 2.25. The van der Waals surface area contributed by atoms with E-state index in [4.69, 9.17) is 15.2 Å². The number of aliphatic hydroxyl groups is 2. The largest absolute Gasteiger partial charge is 0.463 e. The number of amides is 1. The fraction of sp³-hybridized carbons (Fsp3) is 0.462. The van der Waals surface area contributed by atoms with Crippen LogP contribution < -0.4 is 10.3 Å². The molecule has 1 fully saturated rings. The van der Waals surface area contributed by atoms with Gasteiger partial charge in [-0.1, -0.05) is 0 Å². The quantitative estimate of drug-likeness (QED) is 0.447. The number of nitrogens with zero attached hydrogens (tertiary/aromatic N) is 1. The van der Waals surface area contributed by atoms with Gasteiger partial charge in [0.15, 0.2) is 18.5 Å². The normalized spacial score (nSPS) is 28.3. The number of primary amides is 1. The van der Waals surface area contributed by atoms with Crippen LogP contribution in [0.4, 0.5) is 0 Å². The molecule has 1 aliphatic rings. The van der Waals surface area contributed by atoms with Crippen LogP contribution in [-0.2, 0) is 14.3 Å². The monoisotopic (exact) mass is 297 g/mol. The van der Waals surface area contributed by atoms with Crippen molar-refractivity contribution in [1.82, 2.24) is 0 Å². The minimum Gasteiger partial charge on any atom is -0.463 e. The van der Waals surface area contributed by atoms with Crippen molar-refractivity contribution in [3.63, 3.8) is 0 Å². The van der Waals surface area contributed by atoms with Crippen molar-refractivity contribution >= 4 is 11.9 Å². The molecule has 0 spiro atoms. The maximum absolute atomic E-state index is 11.2. The Bertz CT molecular complexity index is 549. The van der Waals surface area contributed by atoms with Crippen LogP contribution >= 0.6 is 0 Å². The number of carbonyl (C=O) groups excluding carboxylic acids is 2. The van der Waals surface area contributed by atoms with E-state index in [1.54, 1.807) is 12.3 Å². The molecule has 1 aliphatic heterocycles. The summed E-state index contributed by atoms with van der Waals surface area (Å²) in [6, 6.07) is 3.09. The van der Waals surface area contributed by atoms with E-state index in [9.17, 15) is 19.8 Å². The van der Waals surface area contributed by atoms with Crippen LogP contribution in [0.3, 0.4) is 0 Å². The van der Waals surface area contributed by atoms with Gasteiger partial charge in [0.25, 0.3) is 12.1 Å². The Hall–Kier alpha value is -2.03. The van der Waals surface area contributed by atoms with Gasteiger partial charge in [0.05, 0.1) is 0 Å². The summed E-state index contributed by atoms with van der Waals surface area (Å²) >= 11 is 0. The zero-order chi connectivity index (χ0) is 15.6. The summed E-state index contributed by atoms with van der Waals surface area (Å²) in [4.78, 5) is 21.9. The summed E-state index contributed by atoms with van der Waals surface area (Å²) in [7, 11) is 0. The van der Waals surface area contributed by atoms with Gasteiger partial charge in [-0.15, -0.1) is 0 Å². The molecule has 4 N–H and O–H groups in total. The number of esters is 1. The Morgan fingerprint density at radius 1 is 1.43 bits per heavy atom. The summed E-state index contributed by atoms with van der Waals surface area (Å²) in [5, 5.41) is 19.9. The average Bonchev–Trinajstić information content (AvgIpc) is 2.73. The van der Waals surface area contributed by atoms with E-state index in [2.05, 4.69) is 0 Å². The number of carbonyl (C=O) groups is 2. The molecule has 0 aromatic carbocycles. The molecule has 0 unspecified atom stereocenters. The first-order valence-electron chi connectivity index (χ1n) is 6.35. The third kappa shape index (κ3) is 3.35. The first-order valence-corrected chi connectivity index (χ1v) is 6.35. The van der Waals surface area contributed by atoms with Gasteiger partial charge in [-0.3, -0.25) is 9.59 Å². The Morgan fingerprint density at radius 3 is 2.76 bits per heavy atom. The number of rotatable bonds is 4. The minimum atomic E-state index is -1.22. The number of nitrogens with two attached hydrogens (primary N) is 1. The van der Waals surface area contributed by atoms with Crippen molar-refractivity contribution < 1.29 is 33.8 Å². The number of aliphatic hydroxyl groups excluding tert-OH is 2. The van der Waals surface area contributed by atoms with Crippen molar-refractivity contribution in [3.05, 3.63) is 30.1 Å². The van der Waals surface area contributed by atoms with Crippen molar-refractivity contribution in [1.29, 1.82) is 0 Å². The van der Waals surface area contributed by atoms with Gasteiger partial charge in [-0.2, -0.15) is 4.57 Å². The number of aromatic nitrogens is 1. The Kier molecular flexibility index (Phi) is 4.51. The number of ether oxygens (including phenoxy) is 2. The van der Waals surface area contributed by atoms with Gasteiger partial charge in [0, 0.05) is 13.0 Å². The second kappa shape index (κ2) is 6.17. The Balaban J connectivity index is 2.15. The molecule has 1 aromatic rings. The van der Waals surface area contributed by atoms with Crippen LogP contribution in [0.15, 0.2) is 24.5 Å². The highest BCUT2D eigenvalue weighted by Gasteiger charge is 2.48. The van der Waals surface area contributed by atoms with Gasteiger partial charge in [-0.05, 0) is 6.07 Å². The van der Waals surface area contributed by atoms with Crippen molar-refractivity contribution in [2.75, 3.05) is 6.61 Å². The third-order valence-electron chi connectivity index (χ3n) is 3.19. The molecule has 8 nitrogen and oxygen atoms in total. The third-order valence-corrected chi connectivity index (χ3v) is 3.19. The van der Waals surface area contributed by atoms with Gasteiger partial charge >= 0.3 is 5.97 Å². The highest BCUT2D eigenvalue weighted by atomic mass is 16.6. The molecule has 1 aromatic heterocycles. The van der Waals surface area contributed by atoms with Gasteiger partial charge in [0.2, 0.25) is 0 Å². The average molecular weight is 297 g/mol. The summed E-state index contributed by atoms with van der Waals surface area (Å²) in [5.74, 6) is -1.12. The van der Waals surface area contributed by atoms with Crippen molar-refractivity contribution in [3.8, 4) is 0 Å². The Morgan fingerprint density at radius 2 is 2.14 bits per heavy atom. The van der Waals surface area contributed by atoms with Crippen LogP contribution in [0.2, 0.25) is 0 Å². The number of hydrogen-bond donors (Lipinski definition) is 3. The van der Waals surface area contributed by atoms with E-state index in [0.717, 1.165) is 0 Å². The zero-order valence-corrected chi connectivity index (χ0v) is 11.4. The molecule has 0 saturated carbocycles. The van der Waals surface area contributed by atoms with Crippen molar-refractivity contribution in [2.45, 2.75) is 31.5 Å². The van der Waals surface area contributed by atoms with Crippen LogP contribution in [0.5, 0.6) is 0 Å². The molecule has 2 rings (SSSR count). The van der Waals surface area contributed by atoms with Crippen LogP contribution in [0.25, 0.3) is 0 Å². The van der Waals surface area contributed by atoms with E-state index in [0.29, 0.717) is 0 Å². The van der Waals surface area contributed by atoms with E-state index >= 15 is 0 Å². The van der Waals surface area contributed by atoms with E-state index in [1.807, 2.05) is 0 Å². The molecular formula is C13H17N2O6+. The standard InChI is InChI=1S/C13H16N2O6/c1-7(16)20-6-9-10(17)11(18)13(21-9)15-4-2-3-8(5-15)12(14)19/h2-5,9-11,13,17-18H,6H2,1H3,(H-,14,19)/p+1/t9-,10-,11-,13-/m1/s1. The second-order valence-corrected chi connectivity index (χ2v) is 4.75. The Labute approximate surface area is 120 Å². The van der Waals surface area contributed by atoms with Crippen molar-refractivity contribution in [2.24, 2.45) is 5.73 Å². The van der Waals surface area contributed by atoms with E-state index < -0.39 is 36.4 Å². The SMILES string of the molecule is CC(=O)OC[C@H]1O[C@@H]([n+]2cccc(C(N)=O)c2)[C@H](O)[C@@H]1O. The predicted octanol–water partition coefficient (Wildman–Crippen LogP) is -1.74. The van der Waals surface area contributed by atoms with Gasteiger partial charge in [-0.25, -0.2) is 0 Å². The lowest BCUT2D eigenvalue weighted by molar-refractivity contribution is -0.765. The second-order valence-electron chi connectivity index (χ2n) is 4.75. The lowest BCUT2D eigenvalue weighted by Gasteiger charge is -2.12. The number of pyridine rings is 1. The highest BCUT2D eigenvalue weighted by molar-refractivity contribution is 5.92. The van der Waals surface area contributed by atoms with Crippen LogP contribution in [0, 0.1) is 0 Å². The first kappa shape index (κ1) is 15.4. The maximum Gasteiger partial charge on any atom is 0.302 e. The number of hydrogen-bond acceptors (Lipinski definition) is 6. The maximum atomic E-state index is 11.2. The molecule has 0 aliphatic carbocycles. The fourth-order valence-electron chi connectivity index (χ4n) is 2.11. The summed E-state index contributed by atoms with van der Waals surface area (Å²) in [6.45, 7) is 1.07. The first-order chi connectivity index (χ1) is 9.90. The zero-order valence-electron chi connectivity index (χ0n) is 11.4. The molecule has 2 heterocycles. The summed E-state index contributed by atoms with van der Waals surface area (Å²) < 4.78 is 11.7. The molecule has 0 radical (unpaired) electrons. The molecular weight excluding hydrogens is 280 g/mol. The minimum absolute atomic E-state index is 0.167. The molecule has 1 saturated heterocycles. The fourth-order valence-corrected chi connectivity index (χ4v) is 2.11. The lowest BCUT2D eigenvalue weighted by atomic mass is 10.1. The van der Waals surface area contributed by atoms with E-state index in [-0.39, 0.29) is 12.2 Å². The molecule has 21 heavy (non-hydrogen) atoms.